The Hall–Kier alpha value is -1.52. The van der Waals surface area contributed by atoms with Crippen molar-refractivity contribution in [2.45, 2.75) is 6.61 Å². The molecule has 0 unspecified atom stereocenters. The second-order valence-corrected chi connectivity index (χ2v) is 5.28. The Morgan fingerprint density at radius 1 is 1.30 bits per heavy atom. The smallest absolute Gasteiger partial charge is 0.155 e. The van der Waals surface area contributed by atoms with Gasteiger partial charge in [0.05, 0.1) is 17.7 Å². The molecule has 0 heterocycles. The molecule has 2 aromatic rings. The normalized spacial score (nSPS) is 10.2. The second kappa shape index (κ2) is 6.77. The molecule has 0 aliphatic heterocycles. The Morgan fingerprint density at radius 3 is 2.80 bits per heavy atom. The molecular formula is C15H12BrClO3. The first kappa shape index (κ1) is 14.9. The summed E-state index contributed by atoms with van der Waals surface area (Å²) in [4.78, 5) is 11.0. The number of benzene rings is 2. The number of hydrogen-bond acceptors (Lipinski definition) is 3. The molecule has 20 heavy (non-hydrogen) atoms. The van der Waals surface area contributed by atoms with Crippen molar-refractivity contribution in [2.24, 2.45) is 0 Å². The van der Waals surface area contributed by atoms with Crippen molar-refractivity contribution in [3.05, 3.63) is 57.0 Å². The van der Waals surface area contributed by atoms with Gasteiger partial charge in [-0.15, -0.1) is 0 Å². The van der Waals surface area contributed by atoms with Crippen LogP contribution in [0, 0.1) is 0 Å². The number of methoxy groups -OCH3 is 1. The molecule has 0 N–H and O–H groups in total. The molecule has 0 saturated heterocycles. The highest BCUT2D eigenvalue weighted by Crippen LogP contribution is 2.27. The maximum atomic E-state index is 11.0. The topological polar surface area (TPSA) is 35.5 Å². The van der Waals surface area contributed by atoms with Gasteiger partial charge < -0.3 is 9.47 Å². The van der Waals surface area contributed by atoms with E-state index in [0.717, 1.165) is 15.8 Å². The van der Waals surface area contributed by atoms with Crippen LogP contribution in [-0.2, 0) is 6.61 Å². The SMILES string of the molecule is COc1ccc(Br)c(COc2cccc(Cl)c2C=O)c1. The molecule has 0 saturated carbocycles. The van der Waals surface area contributed by atoms with Gasteiger partial charge in [-0.2, -0.15) is 0 Å². The maximum absolute atomic E-state index is 11.0. The van der Waals surface area contributed by atoms with E-state index in [0.29, 0.717) is 29.2 Å². The molecule has 5 heteroatoms. The van der Waals surface area contributed by atoms with Crippen molar-refractivity contribution in [1.82, 2.24) is 0 Å². The van der Waals surface area contributed by atoms with E-state index in [1.807, 2.05) is 18.2 Å². The van der Waals surface area contributed by atoms with Crippen molar-refractivity contribution in [2.75, 3.05) is 7.11 Å². The Kier molecular flexibility index (Phi) is 5.04. The van der Waals surface area contributed by atoms with Crippen LogP contribution in [0.1, 0.15) is 15.9 Å². The van der Waals surface area contributed by atoms with Crippen LogP contribution in [-0.4, -0.2) is 13.4 Å². The van der Waals surface area contributed by atoms with E-state index in [-0.39, 0.29) is 0 Å². The minimum absolute atomic E-state index is 0.305. The van der Waals surface area contributed by atoms with Gasteiger partial charge in [-0.1, -0.05) is 33.6 Å². The Balaban J connectivity index is 2.21. The Morgan fingerprint density at radius 2 is 2.10 bits per heavy atom. The molecule has 2 aromatic carbocycles. The van der Waals surface area contributed by atoms with Crippen LogP contribution in [0.15, 0.2) is 40.9 Å². The van der Waals surface area contributed by atoms with Crippen LogP contribution < -0.4 is 9.47 Å². The van der Waals surface area contributed by atoms with Crippen molar-refractivity contribution < 1.29 is 14.3 Å². The number of rotatable bonds is 5. The van der Waals surface area contributed by atoms with Crippen molar-refractivity contribution in [3.8, 4) is 11.5 Å². The third-order valence-electron chi connectivity index (χ3n) is 2.77. The second-order valence-electron chi connectivity index (χ2n) is 4.02. The van der Waals surface area contributed by atoms with Crippen molar-refractivity contribution in [1.29, 1.82) is 0 Å². The molecule has 3 nitrogen and oxygen atoms in total. The van der Waals surface area contributed by atoms with Crippen molar-refractivity contribution in [3.63, 3.8) is 0 Å². The molecule has 0 fully saturated rings. The number of halogens is 2. The minimum Gasteiger partial charge on any atom is -0.497 e. The minimum atomic E-state index is 0.305. The summed E-state index contributed by atoms with van der Waals surface area (Å²) in [7, 11) is 1.61. The fraction of sp³-hybridized carbons (Fsp3) is 0.133. The van der Waals surface area contributed by atoms with Gasteiger partial charge in [0.2, 0.25) is 0 Å². The van der Waals surface area contributed by atoms with Gasteiger partial charge >= 0.3 is 0 Å². The van der Waals surface area contributed by atoms with Gasteiger partial charge in [0, 0.05) is 10.0 Å². The lowest BCUT2D eigenvalue weighted by atomic mass is 10.2. The zero-order valence-corrected chi connectivity index (χ0v) is 13.1. The summed E-state index contributed by atoms with van der Waals surface area (Å²) in [6.07, 6.45) is 0.693. The average molecular weight is 356 g/mol. The summed E-state index contributed by atoms with van der Waals surface area (Å²) in [6.45, 7) is 0.305. The molecule has 0 amide bonds. The highest BCUT2D eigenvalue weighted by Gasteiger charge is 2.09. The molecule has 0 bridgehead atoms. The lowest BCUT2D eigenvalue weighted by molar-refractivity contribution is 0.111. The quantitative estimate of drug-likeness (QED) is 0.741. The highest BCUT2D eigenvalue weighted by molar-refractivity contribution is 9.10. The van der Waals surface area contributed by atoms with E-state index in [1.165, 1.54) is 0 Å². The van der Waals surface area contributed by atoms with E-state index in [4.69, 9.17) is 21.1 Å². The van der Waals surface area contributed by atoms with Gasteiger partial charge in [-0.3, -0.25) is 4.79 Å². The van der Waals surface area contributed by atoms with E-state index >= 15 is 0 Å². The molecular weight excluding hydrogens is 344 g/mol. The highest BCUT2D eigenvalue weighted by atomic mass is 79.9. The molecule has 104 valence electrons. The van der Waals surface area contributed by atoms with Crippen LogP contribution >= 0.6 is 27.5 Å². The number of ether oxygens (including phenoxy) is 2. The van der Waals surface area contributed by atoms with Crippen LogP contribution in [0.2, 0.25) is 5.02 Å². The zero-order chi connectivity index (χ0) is 14.5. The lowest BCUT2D eigenvalue weighted by Gasteiger charge is -2.11. The van der Waals surface area contributed by atoms with Gasteiger partial charge in [0.25, 0.3) is 0 Å². The predicted octanol–water partition coefficient (Wildman–Crippen LogP) is 4.50. The Bertz CT molecular complexity index is 629. The maximum Gasteiger partial charge on any atom is 0.155 e. The number of carbonyl (C=O) groups is 1. The summed E-state index contributed by atoms with van der Waals surface area (Å²) in [6, 6.07) is 10.7. The van der Waals surface area contributed by atoms with E-state index in [1.54, 1.807) is 25.3 Å². The molecule has 0 radical (unpaired) electrons. The monoisotopic (exact) mass is 354 g/mol. The third kappa shape index (κ3) is 3.32. The van der Waals surface area contributed by atoms with Gasteiger partial charge in [-0.05, 0) is 30.3 Å². The van der Waals surface area contributed by atoms with Gasteiger partial charge in [-0.25, -0.2) is 0 Å². The molecule has 0 spiro atoms. The standard InChI is InChI=1S/C15H12BrClO3/c1-19-11-5-6-13(16)10(7-11)9-20-15-4-2-3-14(17)12(15)8-18/h2-8H,9H2,1H3. The van der Waals surface area contributed by atoms with Crippen molar-refractivity contribution >= 4 is 33.8 Å². The molecule has 0 aromatic heterocycles. The summed E-state index contributed by atoms with van der Waals surface area (Å²) < 4.78 is 11.8. The van der Waals surface area contributed by atoms with E-state index in [9.17, 15) is 4.79 Å². The predicted molar refractivity (Wildman–Crippen MR) is 81.9 cm³/mol. The average Bonchev–Trinajstić information content (AvgIpc) is 2.46. The Labute approximate surface area is 130 Å². The van der Waals surface area contributed by atoms with Gasteiger partial charge in [0.1, 0.15) is 18.1 Å². The first-order chi connectivity index (χ1) is 9.65. The summed E-state index contributed by atoms with van der Waals surface area (Å²) >= 11 is 9.40. The first-order valence-corrected chi connectivity index (χ1v) is 7.01. The van der Waals surface area contributed by atoms with Crippen LogP contribution in [0.3, 0.4) is 0 Å². The number of carbonyl (C=O) groups excluding carboxylic acids is 1. The molecule has 0 aliphatic carbocycles. The van der Waals surface area contributed by atoms with Crippen LogP contribution in [0.25, 0.3) is 0 Å². The van der Waals surface area contributed by atoms with Crippen LogP contribution in [0.5, 0.6) is 11.5 Å². The number of hydrogen-bond donors (Lipinski definition) is 0. The number of aldehydes is 1. The first-order valence-electron chi connectivity index (χ1n) is 5.84. The summed E-state index contributed by atoms with van der Waals surface area (Å²) in [5, 5.41) is 0.377. The van der Waals surface area contributed by atoms with E-state index in [2.05, 4.69) is 15.9 Å². The zero-order valence-electron chi connectivity index (χ0n) is 10.7. The fourth-order valence-electron chi connectivity index (χ4n) is 1.70. The van der Waals surface area contributed by atoms with Crippen LogP contribution in [0.4, 0.5) is 0 Å². The van der Waals surface area contributed by atoms with E-state index < -0.39 is 0 Å². The van der Waals surface area contributed by atoms with Gasteiger partial charge in [0.15, 0.2) is 6.29 Å². The lowest BCUT2D eigenvalue weighted by Crippen LogP contribution is -2.00. The third-order valence-corrected chi connectivity index (χ3v) is 3.87. The molecule has 0 atom stereocenters. The summed E-state index contributed by atoms with van der Waals surface area (Å²) in [5.41, 5.74) is 1.27. The fourth-order valence-corrected chi connectivity index (χ4v) is 2.27. The largest absolute Gasteiger partial charge is 0.497 e. The molecule has 2 rings (SSSR count). The summed E-state index contributed by atoms with van der Waals surface area (Å²) in [5.74, 6) is 1.20. The molecule has 0 aliphatic rings.